The van der Waals surface area contributed by atoms with Gasteiger partial charge in [-0.3, -0.25) is 0 Å². The SMILES string of the molecule is CC1(O)CCN(c2ncccc2CN)C1. The normalized spacial score (nSPS) is 25.9. The van der Waals surface area contributed by atoms with E-state index in [-0.39, 0.29) is 0 Å². The van der Waals surface area contributed by atoms with Gasteiger partial charge >= 0.3 is 0 Å². The van der Waals surface area contributed by atoms with Gasteiger partial charge < -0.3 is 15.7 Å². The molecule has 0 bridgehead atoms. The Hall–Kier alpha value is -1.13. The Bertz CT molecular complexity index is 351. The molecular weight excluding hydrogens is 190 g/mol. The van der Waals surface area contributed by atoms with Gasteiger partial charge in [-0.25, -0.2) is 4.98 Å². The van der Waals surface area contributed by atoms with Gasteiger partial charge in [0.1, 0.15) is 5.82 Å². The van der Waals surface area contributed by atoms with Gasteiger partial charge in [0.05, 0.1) is 5.60 Å². The summed E-state index contributed by atoms with van der Waals surface area (Å²) in [5.41, 5.74) is 6.10. The van der Waals surface area contributed by atoms with E-state index < -0.39 is 5.60 Å². The highest BCUT2D eigenvalue weighted by Gasteiger charge is 2.32. The van der Waals surface area contributed by atoms with E-state index in [9.17, 15) is 5.11 Å². The van der Waals surface area contributed by atoms with Crippen LogP contribution >= 0.6 is 0 Å². The molecule has 0 radical (unpaired) electrons. The highest BCUT2D eigenvalue weighted by Crippen LogP contribution is 2.26. The van der Waals surface area contributed by atoms with Crippen LogP contribution in [0, 0.1) is 0 Å². The van der Waals surface area contributed by atoms with E-state index in [0.717, 1.165) is 24.3 Å². The van der Waals surface area contributed by atoms with E-state index in [2.05, 4.69) is 9.88 Å². The van der Waals surface area contributed by atoms with Crippen LogP contribution in [-0.2, 0) is 6.54 Å². The van der Waals surface area contributed by atoms with Crippen molar-refractivity contribution in [2.24, 2.45) is 5.73 Å². The van der Waals surface area contributed by atoms with Crippen molar-refractivity contribution in [2.75, 3.05) is 18.0 Å². The van der Waals surface area contributed by atoms with E-state index in [4.69, 9.17) is 5.73 Å². The van der Waals surface area contributed by atoms with Gasteiger partial charge in [0.2, 0.25) is 0 Å². The summed E-state index contributed by atoms with van der Waals surface area (Å²) in [6, 6.07) is 3.87. The summed E-state index contributed by atoms with van der Waals surface area (Å²) in [7, 11) is 0. The second-order valence-electron chi connectivity index (χ2n) is 4.36. The van der Waals surface area contributed by atoms with Crippen LogP contribution in [0.5, 0.6) is 0 Å². The standard InChI is InChI=1S/C11H17N3O/c1-11(15)4-6-14(8-11)10-9(7-12)3-2-5-13-10/h2-3,5,15H,4,6-8,12H2,1H3. The molecule has 2 heterocycles. The molecule has 82 valence electrons. The second-order valence-corrected chi connectivity index (χ2v) is 4.36. The minimum Gasteiger partial charge on any atom is -0.388 e. The Labute approximate surface area is 89.7 Å². The fourth-order valence-corrected chi connectivity index (χ4v) is 2.00. The maximum atomic E-state index is 9.89. The highest BCUT2D eigenvalue weighted by atomic mass is 16.3. The second kappa shape index (κ2) is 3.79. The van der Waals surface area contributed by atoms with Crippen LogP contribution < -0.4 is 10.6 Å². The van der Waals surface area contributed by atoms with Crippen molar-refractivity contribution in [3.63, 3.8) is 0 Å². The molecule has 0 amide bonds. The molecule has 1 atom stereocenters. The molecule has 1 aromatic rings. The van der Waals surface area contributed by atoms with Crippen LogP contribution in [0.4, 0.5) is 5.82 Å². The maximum absolute atomic E-state index is 9.89. The van der Waals surface area contributed by atoms with Crippen molar-refractivity contribution < 1.29 is 5.11 Å². The summed E-state index contributed by atoms with van der Waals surface area (Å²) >= 11 is 0. The Kier molecular flexibility index (Phi) is 2.63. The Morgan fingerprint density at radius 1 is 1.67 bits per heavy atom. The molecule has 1 aliphatic heterocycles. The molecule has 2 rings (SSSR count). The maximum Gasteiger partial charge on any atom is 0.133 e. The van der Waals surface area contributed by atoms with Gasteiger partial charge in [-0.05, 0) is 19.4 Å². The third-order valence-electron chi connectivity index (χ3n) is 2.84. The first-order valence-electron chi connectivity index (χ1n) is 5.24. The van der Waals surface area contributed by atoms with Crippen molar-refractivity contribution in [3.05, 3.63) is 23.9 Å². The molecule has 1 aliphatic rings. The van der Waals surface area contributed by atoms with Crippen LogP contribution in [0.3, 0.4) is 0 Å². The fraction of sp³-hybridized carbons (Fsp3) is 0.545. The number of aromatic nitrogens is 1. The summed E-state index contributed by atoms with van der Waals surface area (Å²) in [4.78, 5) is 6.43. The van der Waals surface area contributed by atoms with Crippen LogP contribution in [0.25, 0.3) is 0 Å². The lowest BCUT2D eigenvalue weighted by molar-refractivity contribution is 0.0839. The highest BCUT2D eigenvalue weighted by molar-refractivity contribution is 5.48. The third kappa shape index (κ3) is 2.11. The average molecular weight is 207 g/mol. The number of hydrogen-bond donors (Lipinski definition) is 2. The summed E-state index contributed by atoms with van der Waals surface area (Å²) in [5.74, 6) is 0.915. The summed E-state index contributed by atoms with van der Waals surface area (Å²) in [5, 5.41) is 9.89. The molecule has 4 heteroatoms. The lowest BCUT2D eigenvalue weighted by atomic mass is 10.1. The van der Waals surface area contributed by atoms with E-state index in [0.29, 0.717) is 13.1 Å². The van der Waals surface area contributed by atoms with Crippen LogP contribution in [0.2, 0.25) is 0 Å². The van der Waals surface area contributed by atoms with E-state index in [1.165, 1.54) is 0 Å². The Morgan fingerprint density at radius 2 is 2.47 bits per heavy atom. The molecule has 1 saturated heterocycles. The predicted molar refractivity (Wildman–Crippen MR) is 59.6 cm³/mol. The first-order chi connectivity index (χ1) is 7.12. The summed E-state index contributed by atoms with van der Waals surface area (Å²) in [6.45, 7) is 3.83. The van der Waals surface area contributed by atoms with Gasteiger partial charge in [0.25, 0.3) is 0 Å². The third-order valence-corrected chi connectivity index (χ3v) is 2.84. The van der Waals surface area contributed by atoms with Crippen LogP contribution in [-0.4, -0.2) is 28.8 Å². The van der Waals surface area contributed by atoms with E-state index >= 15 is 0 Å². The van der Waals surface area contributed by atoms with Crippen LogP contribution in [0.1, 0.15) is 18.9 Å². The number of anilines is 1. The smallest absolute Gasteiger partial charge is 0.133 e. The first kappa shape index (κ1) is 10.4. The molecule has 15 heavy (non-hydrogen) atoms. The van der Waals surface area contributed by atoms with Crippen molar-refractivity contribution in [3.8, 4) is 0 Å². The number of aliphatic hydroxyl groups is 1. The van der Waals surface area contributed by atoms with Crippen LogP contribution in [0.15, 0.2) is 18.3 Å². The van der Waals surface area contributed by atoms with Gasteiger partial charge in [0.15, 0.2) is 0 Å². The fourth-order valence-electron chi connectivity index (χ4n) is 2.00. The zero-order valence-electron chi connectivity index (χ0n) is 8.98. The first-order valence-corrected chi connectivity index (χ1v) is 5.24. The average Bonchev–Trinajstić information content (AvgIpc) is 2.59. The molecule has 1 unspecified atom stereocenters. The zero-order chi connectivity index (χ0) is 10.9. The molecule has 3 N–H and O–H groups in total. The number of β-amino-alcohol motifs (C(OH)–C–C–N with tert-alkyl or cyclic N) is 1. The van der Waals surface area contributed by atoms with E-state index in [1.54, 1.807) is 6.20 Å². The minimum absolute atomic E-state index is 0.488. The predicted octanol–water partition coefficient (Wildman–Crippen LogP) is 0.501. The molecule has 0 aliphatic carbocycles. The molecule has 0 aromatic carbocycles. The summed E-state index contributed by atoms with van der Waals surface area (Å²) < 4.78 is 0. The number of nitrogens with zero attached hydrogens (tertiary/aromatic N) is 2. The van der Waals surface area contributed by atoms with Gasteiger partial charge in [-0.1, -0.05) is 6.07 Å². The van der Waals surface area contributed by atoms with Crippen molar-refractivity contribution in [1.29, 1.82) is 0 Å². The van der Waals surface area contributed by atoms with Crippen molar-refractivity contribution in [2.45, 2.75) is 25.5 Å². The monoisotopic (exact) mass is 207 g/mol. The number of hydrogen-bond acceptors (Lipinski definition) is 4. The molecular formula is C11H17N3O. The van der Waals surface area contributed by atoms with Gasteiger partial charge in [-0.15, -0.1) is 0 Å². The zero-order valence-corrected chi connectivity index (χ0v) is 8.98. The van der Waals surface area contributed by atoms with E-state index in [1.807, 2.05) is 19.1 Å². The van der Waals surface area contributed by atoms with Gasteiger partial charge in [-0.2, -0.15) is 0 Å². The number of rotatable bonds is 2. The minimum atomic E-state index is -0.594. The van der Waals surface area contributed by atoms with Gasteiger partial charge in [0, 0.05) is 31.4 Å². The topological polar surface area (TPSA) is 62.4 Å². The molecule has 1 fully saturated rings. The lowest BCUT2D eigenvalue weighted by Gasteiger charge is -2.21. The molecule has 0 spiro atoms. The number of nitrogens with two attached hydrogens (primary N) is 1. The number of pyridine rings is 1. The molecule has 4 nitrogen and oxygen atoms in total. The molecule has 1 aromatic heterocycles. The lowest BCUT2D eigenvalue weighted by Crippen LogP contribution is -2.30. The Morgan fingerprint density at radius 3 is 3.07 bits per heavy atom. The quantitative estimate of drug-likeness (QED) is 0.741. The molecule has 0 saturated carbocycles. The van der Waals surface area contributed by atoms with Crippen molar-refractivity contribution >= 4 is 5.82 Å². The summed E-state index contributed by atoms with van der Waals surface area (Å²) in [6.07, 6.45) is 2.55. The van der Waals surface area contributed by atoms with Crippen molar-refractivity contribution in [1.82, 2.24) is 4.98 Å². The Balaban J connectivity index is 2.23. The largest absolute Gasteiger partial charge is 0.388 e.